The summed E-state index contributed by atoms with van der Waals surface area (Å²) in [6, 6.07) is 0. The Hall–Kier alpha value is -1.16. The molecule has 0 aromatic rings. The predicted molar refractivity (Wildman–Crippen MR) is 114 cm³/mol. The first-order valence-electron chi connectivity index (χ1n) is 11.8. The fourth-order valence-electron chi connectivity index (χ4n) is 4.63. The lowest BCUT2D eigenvalue weighted by atomic mass is 9.89. The minimum absolute atomic E-state index is 0.144. The van der Waals surface area contributed by atoms with E-state index in [0.29, 0.717) is 30.4 Å². The van der Waals surface area contributed by atoms with Crippen molar-refractivity contribution in [3.05, 3.63) is 12.2 Å². The van der Waals surface area contributed by atoms with Crippen molar-refractivity contribution in [2.24, 2.45) is 11.8 Å². The van der Waals surface area contributed by atoms with Crippen molar-refractivity contribution in [2.45, 2.75) is 103 Å². The molecule has 2 fully saturated rings. The number of hydrogen-bond acceptors (Lipinski definition) is 3. The van der Waals surface area contributed by atoms with Crippen LogP contribution in [-0.4, -0.2) is 40.9 Å². The van der Waals surface area contributed by atoms with Crippen molar-refractivity contribution in [2.75, 3.05) is 13.1 Å². The molecule has 1 aliphatic heterocycles. The van der Waals surface area contributed by atoms with Crippen LogP contribution in [0.3, 0.4) is 0 Å². The number of amides is 1. The van der Waals surface area contributed by atoms with Crippen LogP contribution >= 0.6 is 0 Å². The molecule has 1 saturated heterocycles. The van der Waals surface area contributed by atoms with E-state index in [1.807, 2.05) is 11.0 Å². The Morgan fingerprint density at radius 3 is 2.64 bits per heavy atom. The van der Waals surface area contributed by atoms with Crippen molar-refractivity contribution in [1.82, 2.24) is 4.90 Å². The highest BCUT2D eigenvalue weighted by Gasteiger charge is 2.32. The van der Waals surface area contributed by atoms with Gasteiger partial charge in [-0.1, -0.05) is 57.6 Å². The highest BCUT2D eigenvalue weighted by atomic mass is 16.3. The summed E-state index contributed by atoms with van der Waals surface area (Å²) in [6.45, 7) is 4.07. The Bertz CT molecular complexity index is 496. The molecule has 0 radical (unpaired) electrons. The third-order valence-electron chi connectivity index (χ3n) is 6.45. The lowest BCUT2D eigenvalue weighted by Gasteiger charge is -2.16. The minimum atomic E-state index is -0.365. The number of aliphatic hydroxyl groups excluding tert-OH is 1. The topological polar surface area (TPSA) is 57.6 Å². The number of hydrogen-bond donors (Lipinski definition) is 1. The molecule has 4 nitrogen and oxygen atoms in total. The maximum absolute atomic E-state index is 12.2. The van der Waals surface area contributed by atoms with Gasteiger partial charge >= 0.3 is 0 Å². The molecule has 2 aliphatic rings. The molecule has 1 N–H and O–H groups in total. The zero-order chi connectivity index (χ0) is 20.2. The second-order valence-corrected chi connectivity index (χ2v) is 8.76. The van der Waals surface area contributed by atoms with Crippen LogP contribution in [0.25, 0.3) is 0 Å². The number of aliphatic hydroxyl groups is 1. The number of carbonyl (C=O) groups excluding carboxylic acids is 2. The molecule has 1 saturated carbocycles. The first kappa shape index (κ1) is 23.1. The van der Waals surface area contributed by atoms with E-state index >= 15 is 0 Å². The zero-order valence-corrected chi connectivity index (χ0v) is 17.9. The number of unbranched alkanes of at least 4 members (excludes halogenated alkanes) is 5. The number of allylic oxidation sites excluding steroid dienone is 1. The lowest BCUT2D eigenvalue weighted by Crippen LogP contribution is -2.27. The second kappa shape index (κ2) is 13.1. The van der Waals surface area contributed by atoms with Gasteiger partial charge in [0.2, 0.25) is 5.91 Å². The van der Waals surface area contributed by atoms with Gasteiger partial charge in [-0.05, 0) is 44.4 Å². The normalized spacial score (nSPS) is 23.8. The Morgan fingerprint density at radius 1 is 1.14 bits per heavy atom. The average molecular weight is 392 g/mol. The smallest absolute Gasteiger partial charge is 0.222 e. The van der Waals surface area contributed by atoms with Gasteiger partial charge in [-0.15, -0.1) is 0 Å². The molecule has 0 aromatic carbocycles. The van der Waals surface area contributed by atoms with E-state index in [0.717, 1.165) is 77.3 Å². The van der Waals surface area contributed by atoms with Crippen LogP contribution < -0.4 is 0 Å². The van der Waals surface area contributed by atoms with Gasteiger partial charge in [-0.25, -0.2) is 0 Å². The second-order valence-electron chi connectivity index (χ2n) is 8.76. The number of carbonyl (C=O) groups is 2. The Labute approximate surface area is 171 Å². The molecule has 1 amide bonds. The van der Waals surface area contributed by atoms with Gasteiger partial charge < -0.3 is 10.0 Å². The molecule has 1 heterocycles. The van der Waals surface area contributed by atoms with E-state index in [4.69, 9.17) is 0 Å². The van der Waals surface area contributed by atoms with Gasteiger partial charge in [0.05, 0.1) is 6.10 Å². The molecule has 0 unspecified atom stereocenters. The Balaban J connectivity index is 1.60. The minimum Gasteiger partial charge on any atom is -0.389 e. The van der Waals surface area contributed by atoms with Crippen LogP contribution in [0.1, 0.15) is 96.8 Å². The Morgan fingerprint density at radius 2 is 1.89 bits per heavy atom. The van der Waals surface area contributed by atoms with E-state index in [1.54, 1.807) is 0 Å². The lowest BCUT2D eigenvalue weighted by molar-refractivity contribution is -0.130. The summed E-state index contributed by atoms with van der Waals surface area (Å²) in [5.41, 5.74) is 0. The maximum Gasteiger partial charge on any atom is 0.222 e. The molecule has 1 aliphatic carbocycles. The third-order valence-corrected chi connectivity index (χ3v) is 6.45. The summed E-state index contributed by atoms with van der Waals surface area (Å²) in [4.78, 5) is 26.3. The molecule has 160 valence electrons. The van der Waals surface area contributed by atoms with Gasteiger partial charge in [-0.2, -0.15) is 0 Å². The fourth-order valence-corrected chi connectivity index (χ4v) is 4.63. The average Bonchev–Trinajstić information content (AvgIpc) is 3.33. The van der Waals surface area contributed by atoms with E-state index in [-0.39, 0.29) is 12.0 Å². The molecular formula is C24H41NO3. The number of rotatable bonds is 13. The molecule has 28 heavy (non-hydrogen) atoms. The van der Waals surface area contributed by atoms with Gasteiger partial charge in [0.25, 0.3) is 0 Å². The van der Waals surface area contributed by atoms with Crippen LogP contribution in [0.2, 0.25) is 0 Å². The van der Waals surface area contributed by atoms with Crippen LogP contribution in [0.4, 0.5) is 0 Å². The number of likely N-dealkylation sites (tertiary alicyclic amines) is 1. The number of nitrogens with zero attached hydrogens (tertiary/aromatic N) is 1. The zero-order valence-electron chi connectivity index (χ0n) is 17.9. The molecule has 0 bridgehead atoms. The Kier molecular flexibility index (Phi) is 10.8. The first-order valence-corrected chi connectivity index (χ1v) is 11.8. The predicted octanol–water partition coefficient (Wildman–Crippen LogP) is 5.04. The fraction of sp³-hybridized carbons (Fsp3) is 0.833. The van der Waals surface area contributed by atoms with Crippen molar-refractivity contribution in [3.63, 3.8) is 0 Å². The quantitative estimate of drug-likeness (QED) is 0.353. The summed E-state index contributed by atoms with van der Waals surface area (Å²) in [5, 5.41) is 10.1. The summed E-state index contributed by atoms with van der Waals surface area (Å²) < 4.78 is 0. The molecule has 2 rings (SSSR count). The maximum atomic E-state index is 12.2. The summed E-state index contributed by atoms with van der Waals surface area (Å²) in [5.74, 6) is 1.18. The van der Waals surface area contributed by atoms with Gasteiger partial charge in [0, 0.05) is 31.8 Å². The van der Waals surface area contributed by atoms with E-state index in [9.17, 15) is 14.7 Å². The van der Waals surface area contributed by atoms with Crippen LogP contribution in [-0.2, 0) is 9.59 Å². The van der Waals surface area contributed by atoms with Crippen LogP contribution in [0, 0.1) is 11.8 Å². The van der Waals surface area contributed by atoms with E-state index < -0.39 is 0 Å². The molecule has 0 aromatic heterocycles. The SMILES string of the molecule is CCCCC[C@H](O)/C=C/[C@H]1CCC(=O)[C@@H]1CCCCCCC(=O)N1CCCC1. The largest absolute Gasteiger partial charge is 0.389 e. The van der Waals surface area contributed by atoms with Crippen molar-refractivity contribution in [1.29, 1.82) is 0 Å². The number of Topliss-reactive ketones (excluding diaryl/α,β-unsaturated/α-hetero) is 1. The molecular weight excluding hydrogens is 350 g/mol. The third kappa shape index (κ3) is 8.06. The molecule has 4 heteroatoms. The summed E-state index contributed by atoms with van der Waals surface area (Å²) in [6.07, 6.45) is 17.7. The van der Waals surface area contributed by atoms with Crippen molar-refractivity contribution >= 4 is 11.7 Å². The van der Waals surface area contributed by atoms with Crippen LogP contribution in [0.5, 0.6) is 0 Å². The summed E-state index contributed by atoms with van der Waals surface area (Å²) >= 11 is 0. The monoisotopic (exact) mass is 391 g/mol. The standard InChI is InChI=1S/C24H41NO3/c1-2-3-6-11-21(26)16-14-20-15-17-23(27)22(20)12-7-4-5-8-13-24(28)25-18-9-10-19-25/h14,16,20-22,26H,2-13,15,17-19H2,1H3/b16-14+/t20-,21-,22+/m0/s1. The van der Waals surface area contributed by atoms with E-state index in [1.165, 1.54) is 12.8 Å². The van der Waals surface area contributed by atoms with Gasteiger partial charge in [-0.3, -0.25) is 9.59 Å². The summed E-state index contributed by atoms with van der Waals surface area (Å²) in [7, 11) is 0. The van der Waals surface area contributed by atoms with Gasteiger partial charge in [0.15, 0.2) is 0 Å². The first-order chi connectivity index (χ1) is 13.6. The highest BCUT2D eigenvalue weighted by Crippen LogP contribution is 2.34. The van der Waals surface area contributed by atoms with Gasteiger partial charge in [0.1, 0.15) is 5.78 Å². The highest BCUT2D eigenvalue weighted by molar-refractivity contribution is 5.83. The van der Waals surface area contributed by atoms with Crippen molar-refractivity contribution in [3.8, 4) is 0 Å². The molecule has 3 atom stereocenters. The molecule has 0 spiro atoms. The van der Waals surface area contributed by atoms with E-state index in [2.05, 4.69) is 13.0 Å². The number of ketones is 1. The van der Waals surface area contributed by atoms with Crippen LogP contribution in [0.15, 0.2) is 12.2 Å². The van der Waals surface area contributed by atoms with Crippen molar-refractivity contribution < 1.29 is 14.7 Å².